The second-order valence-corrected chi connectivity index (χ2v) is 7.34. The van der Waals surface area contributed by atoms with E-state index in [4.69, 9.17) is 0 Å². The fourth-order valence-corrected chi connectivity index (χ4v) is 3.64. The van der Waals surface area contributed by atoms with Gasteiger partial charge in [0.15, 0.2) is 6.04 Å². The molecule has 4 heteroatoms. The Morgan fingerprint density at radius 1 is 1.21 bits per heavy atom. The lowest BCUT2D eigenvalue weighted by molar-refractivity contribution is -0.908. The van der Waals surface area contributed by atoms with Crippen molar-refractivity contribution in [1.29, 1.82) is 0 Å². The summed E-state index contributed by atoms with van der Waals surface area (Å²) in [6.45, 7) is 3.70. The van der Waals surface area contributed by atoms with Gasteiger partial charge in [-0.3, -0.25) is 4.79 Å². The lowest BCUT2D eigenvalue weighted by Crippen LogP contribution is -3.12. The molecule has 0 spiro atoms. The first-order chi connectivity index (χ1) is 11.6. The van der Waals surface area contributed by atoms with E-state index in [1.165, 1.54) is 20.9 Å². The van der Waals surface area contributed by atoms with Crippen molar-refractivity contribution >= 4 is 23.4 Å². The van der Waals surface area contributed by atoms with Crippen LogP contribution < -0.4 is 9.80 Å². The molecular weight excluding hydrogens is 316 g/mol. The van der Waals surface area contributed by atoms with E-state index in [-0.39, 0.29) is 11.9 Å². The number of hydrogen-bond donors (Lipinski definition) is 1. The van der Waals surface area contributed by atoms with Gasteiger partial charge in [0, 0.05) is 22.7 Å². The molecule has 1 aliphatic heterocycles. The number of thioether (sulfide) groups is 1. The van der Waals surface area contributed by atoms with Gasteiger partial charge in [0.2, 0.25) is 0 Å². The van der Waals surface area contributed by atoms with Gasteiger partial charge in [0.05, 0.1) is 7.05 Å². The number of amides is 1. The number of carbonyl (C=O) groups is 1. The summed E-state index contributed by atoms with van der Waals surface area (Å²) in [5.74, 6) is 0.221. The van der Waals surface area contributed by atoms with Gasteiger partial charge in [-0.15, -0.1) is 11.8 Å². The molecule has 3 nitrogen and oxygen atoms in total. The van der Waals surface area contributed by atoms with Crippen molar-refractivity contribution in [3.05, 3.63) is 59.7 Å². The maximum Gasteiger partial charge on any atom is 0.284 e. The minimum absolute atomic E-state index is 0.0589. The predicted octanol–water partition coefficient (Wildman–Crippen LogP) is 2.40. The highest BCUT2D eigenvalue weighted by Gasteiger charge is 2.31. The van der Waals surface area contributed by atoms with Crippen LogP contribution in [0.4, 0.5) is 5.69 Å². The number of quaternary nitrogens is 1. The van der Waals surface area contributed by atoms with Gasteiger partial charge in [0.1, 0.15) is 6.54 Å². The Hall–Kier alpha value is -1.78. The van der Waals surface area contributed by atoms with Crippen LogP contribution in [0.25, 0.3) is 0 Å². The number of carbonyl (C=O) groups excluding carboxylic acids is 1. The Morgan fingerprint density at radius 3 is 2.62 bits per heavy atom. The van der Waals surface area contributed by atoms with Crippen molar-refractivity contribution < 1.29 is 9.69 Å². The Morgan fingerprint density at radius 2 is 1.92 bits per heavy atom. The van der Waals surface area contributed by atoms with E-state index in [9.17, 15) is 4.79 Å². The van der Waals surface area contributed by atoms with Gasteiger partial charge < -0.3 is 9.80 Å². The molecule has 1 unspecified atom stereocenters. The van der Waals surface area contributed by atoms with Crippen LogP contribution in [0.2, 0.25) is 0 Å². The predicted molar refractivity (Wildman–Crippen MR) is 101 cm³/mol. The molecule has 1 amide bonds. The zero-order valence-electron chi connectivity index (χ0n) is 14.6. The summed E-state index contributed by atoms with van der Waals surface area (Å²) in [5, 5.41) is 0. The van der Waals surface area contributed by atoms with Gasteiger partial charge >= 0.3 is 0 Å². The minimum atomic E-state index is -0.0589. The molecule has 0 radical (unpaired) electrons. The molecule has 2 atom stereocenters. The first-order valence-corrected chi connectivity index (χ1v) is 9.67. The normalized spacial score (nSPS) is 15.9. The van der Waals surface area contributed by atoms with Gasteiger partial charge in [0.25, 0.3) is 5.91 Å². The largest absolute Gasteiger partial charge is 0.324 e. The van der Waals surface area contributed by atoms with Gasteiger partial charge in [-0.25, -0.2) is 0 Å². The van der Waals surface area contributed by atoms with E-state index < -0.39 is 0 Å². The summed E-state index contributed by atoms with van der Waals surface area (Å²) < 4.78 is 0. The molecule has 3 rings (SSSR count). The molecule has 0 fully saturated rings. The van der Waals surface area contributed by atoms with E-state index >= 15 is 0 Å². The lowest BCUT2D eigenvalue weighted by Gasteiger charge is -2.26. The summed E-state index contributed by atoms with van der Waals surface area (Å²) in [7, 11) is 2.10. The SMILES string of the molecule is CSc1ccc(C[NH+](C)[C@H](C)C(=O)N2CCc3ccccc32)cc1. The van der Waals surface area contributed by atoms with Crippen LogP contribution in [0.15, 0.2) is 53.4 Å². The summed E-state index contributed by atoms with van der Waals surface area (Å²) in [6.07, 6.45) is 3.05. The van der Waals surface area contributed by atoms with Crippen LogP contribution in [0.5, 0.6) is 0 Å². The van der Waals surface area contributed by atoms with E-state index in [2.05, 4.69) is 49.7 Å². The first kappa shape index (κ1) is 17.1. The van der Waals surface area contributed by atoms with Crippen LogP contribution in [0.3, 0.4) is 0 Å². The number of nitrogens with zero attached hydrogens (tertiary/aromatic N) is 1. The van der Waals surface area contributed by atoms with Gasteiger partial charge in [-0.1, -0.05) is 30.3 Å². The fourth-order valence-electron chi connectivity index (χ4n) is 3.23. The highest BCUT2D eigenvalue weighted by molar-refractivity contribution is 7.98. The van der Waals surface area contributed by atoms with Crippen LogP contribution in [0.1, 0.15) is 18.1 Å². The highest BCUT2D eigenvalue weighted by Crippen LogP contribution is 2.27. The first-order valence-electron chi connectivity index (χ1n) is 8.44. The molecule has 1 aliphatic rings. The van der Waals surface area contributed by atoms with Gasteiger partial charge in [-0.05, 0) is 43.4 Å². The van der Waals surface area contributed by atoms with Crippen LogP contribution in [-0.2, 0) is 17.8 Å². The zero-order chi connectivity index (χ0) is 17.1. The average molecular weight is 342 g/mol. The smallest absolute Gasteiger partial charge is 0.284 e. The van der Waals surface area contributed by atoms with E-state index in [1.807, 2.05) is 24.0 Å². The minimum Gasteiger partial charge on any atom is -0.324 e. The number of rotatable bonds is 5. The Bertz CT molecular complexity index is 714. The molecule has 1 N–H and O–H groups in total. The van der Waals surface area contributed by atoms with E-state index in [1.54, 1.807) is 11.8 Å². The molecule has 2 aromatic carbocycles. The summed E-state index contributed by atoms with van der Waals surface area (Å²) in [5.41, 5.74) is 3.64. The van der Waals surface area contributed by atoms with Crippen LogP contribution in [-0.4, -0.2) is 31.8 Å². The summed E-state index contributed by atoms with van der Waals surface area (Å²) in [6, 6.07) is 16.8. The molecule has 126 valence electrons. The average Bonchev–Trinajstić information content (AvgIpc) is 3.05. The lowest BCUT2D eigenvalue weighted by atomic mass is 10.1. The number of para-hydroxylation sites is 1. The van der Waals surface area contributed by atoms with Crippen molar-refractivity contribution in [3.8, 4) is 0 Å². The third-order valence-electron chi connectivity index (χ3n) is 4.90. The van der Waals surface area contributed by atoms with Crippen LogP contribution >= 0.6 is 11.8 Å². The molecule has 2 aromatic rings. The van der Waals surface area contributed by atoms with E-state index in [0.717, 1.165) is 25.2 Å². The fraction of sp³-hybridized carbons (Fsp3) is 0.350. The van der Waals surface area contributed by atoms with Crippen molar-refractivity contribution in [2.75, 3.05) is 24.7 Å². The summed E-state index contributed by atoms with van der Waals surface area (Å²) >= 11 is 1.75. The molecule has 0 bridgehead atoms. The zero-order valence-corrected chi connectivity index (χ0v) is 15.4. The van der Waals surface area contributed by atoms with E-state index in [0.29, 0.717) is 0 Å². The molecule has 0 aliphatic carbocycles. The molecule has 0 saturated heterocycles. The molecule has 1 heterocycles. The second kappa shape index (κ2) is 7.41. The van der Waals surface area contributed by atoms with Crippen molar-refractivity contribution in [2.45, 2.75) is 30.8 Å². The topological polar surface area (TPSA) is 24.8 Å². The quantitative estimate of drug-likeness (QED) is 0.845. The number of fused-ring (bicyclic) bond motifs is 1. The Balaban J connectivity index is 1.67. The van der Waals surface area contributed by atoms with Crippen LogP contribution in [0, 0.1) is 0 Å². The van der Waals surface area contributed by atoms with Crippen molar-refractivity contribution in [1.82, 2.24) is 0 Å². The molecule has 0 saturated carbocycles. The Kier molecular flexibility index (Phi) is 5.27. The third kappa shape index (κ3) is 3.50. The number of anilines is 1. The Labute approximate surface area is 148 Å². The van der Waals surface area contributed by atoms with Gasteiger partial charge in [-0.2, -0.15) is 0 Å². The maximum atomic E-state index is 12.9. The molecular formula is C20H25N2OS+. The van der Waals surface area contributed by atoms with Crippen molar-refractivity contribution in [2.24, 2.45) is 0 Å². The number of benzene rings is 2. The van der Waals surface area contributed by atoms with Crippen molar-refractivity contribution in [3.63, 3.8) is 0 Å². The summed E-state index contributed by atoms with van der Waals surface area (Å²) in [4.78, 5) is 17.4. The standard InChI is InChI=1S/C20H24N2OS/c1-15(21(2)14-16-8-10-18(24-3)11-9-16)20(23)22-13-12-17-6-4-5-7-19(17)22/h4-11,15H,12-14H2,1-3H3/p+1/t15-/m1/s1. The number of nitrogens with one attached hydrogen (secondary N) is 1. The number of hydrogen-bond acceptors (Lipinski definition) is 2. The molecule has 0 aromatic heterocycles. The number of likely N-dealkylation sites (N-methyl/N-ethyl adjacent to an activating group) is 1. The monoisotopic (exact) mass is 341 g/mol. The molecule has 24 heavy (non-hydrogen) atoms. The second-order valence-electron chi connectivity index (χ2n) is 6.46. The third-order valence-corrected chi connectivity index (χ3v) is 5.65. The maximum absolute atomic E-state index is 12.9. The highest BCUT2D eigenvalue weighted by atomic mass is 32.2.